The third-order valence-corrected chi connectivity index (χ3v) is 4.45. The van der Waals surface area contributed by atoms with Crippen LogP contribution in [0.3, 0.4) is 0 Å². The van der Waals surface area contributed by atoms with Crippen molar-refractivity contribution in [3.8, 4) is 0 Å². The van der Waals surface area contributed by atoms with E-state index in [1.54, 1.807) is 0 Å². The number of hydrazine groups is 1. The minimum absolute atomic E-state index is 0.300. The molecule has 0 atom stereocenters. The molecule has 1 aliphatic carbocycles. The molecule has 2 fully saturated rings. The Balaban J connectivity index is 1.59. The number of nitrogens with one attached hydrogen (secondary N) is 1. The Bertz CT molecular complexity index is 283. The first-order valence-corrected chi connectivity index (χ1v) is 7.41. The topological polar surface area (TPSA) is 87.6 Å². The standard InChI is InChI=1S/C13H27N5O/c14-13(19)16-12-3-1-11(2-4-12)5-6-17-7-9-18(15)10-8-17/h11-12H,1-10,15H2,(H3,14,16,19). The Kier molecular flexibility index (Phi) is 5.42. The van der Waals surface area contributed by atoms with Gasteiger partial charge in [-0.2, -0.15) is 0 Å². The first kappa shape index (κ1) is 14.6. The third-order valence-electron chi connectivity index (χ3n) is 4.45. The second kappa shape index (κ2) is 7.07. The van der Waals surface area contributed by atoms with Crippen LogP contribution in [-0.2, 0) is 0 Å². The fraction of sp³-hybridized carbons (Fsp3) is 0.923. The van der Waals surface area contributed by atoms with Gasteiger partial charge in [0.1, 0.15) is 0 Å². The molecule has 6 nitrogen and oxygen atoms in total. The van der Waals surface area contributed by atoms with Crippen molar-refractivity contribution in [2.24, 2.45) is 17.5 Å². The van der Waals surface area contributed by atoms with E-state index in [0.29, 0.717) is 6.04 Å². The van der Waals surface area contributed by atoms with Crippen molar-refractivity contribution in [2.75, 3.05) is 32.7 Å². The van der Waals surface area contributed by atoms with Gasteiger partial charge in [-0.1, -0.05) is 0 Å². The fourth-order valence-corrected chi connectivity index (χ4v) is 3.15. The van der Waals surface area contributed by atoms with Crippen molar-refractivity contribution in [2.45, 2.75) is 38.1 Å². The van der Waals surface area contributed by atoms with Crippen LogP contribution in [-0.4, -0.2) is 54.7 Å². The number of carbonyl (C=O) groups excluding carboxylic acids is 1. The summed E-state index contributed by atoms with van der Waals surface area (Å²) in [5.74, 6) is 6.56. The average Bonchev–Trinajstić information content (AvgIpc) is 2.39. The smallest absolute Gasteiger partial charge is 0.312 e. The Labute approximate surface area is 115 Å². The van der Waals surface area contributed by atoms with Crippen molar-refractivity contribution in [3.05, 3.63) is 0 Å². The maximum absolute atomic E-state index is 10.8. The van der Waals surface area contributed by atoms with Crippen LogP contribution >= 0.6 is 0 Å². The van der Waals surface area contributed by atoms with E-state index in [-0.39, 0.29) is 6.03 Å². The van der Waals surface area contributed by atoms with Crippen LogP contribution in [0, 0.1) is 5.92 Å². The summed E-state index contributed by atoms with van der Waals surface area (Å²) < 4.78 is 0. The molecule has 1 saturated carbocycles. The van der Waals surface area contributed by atoms with E-state index in [1.165, 1.54) is 25.8 Å². The quantitative estimate of drug-likeness (QED) is 0.631. The third kappa shape index (κ3) is 4.97. The van der Waals surface area contributed by atoms with E-state index in [1.807, 2.05) is 5.01 Å². The molecule has 0 radical (unpaired) electrons. The molecule has 0 spiro atoms. The summed E-state index contributed by atoms with van der Waals surface area (Å²) in [6.45, 7) is 5.33. The van der Waals surface area contributed by atoms with Crippen LogP contribution in [0.5, 0.6) is 0 Å². The second-order valence-corrected chi connectivity index (χ2v) is 5.89. The average molecular weight is 269 g/mol. The molecule has 0 aromatic rings. The number of carbonyl (C=O) groups is 1. The molecule has 0 aromatic heterocycles. The number of nitrogens with zero attached hydrogens (tertiary/aromatic N) is 2. The van der Waals surface area contributed by atoms with Crippen molar-refractivity contribution in [1.82, 2.24) is 15.2 Å². The molecule has 2 amide bonds. The molecule has 110 valence electrons. The van der Waals surface area contributed by atoms with Gasteiger partial charge in [-0.25, -0.2) is 9.80 Å². The number of nitrogens with two attached hydrogens (primary N) is 2. The van der Waals surface area contributed by atoms with Gasteiger partial charge in [0, 0.05) is 32.2 Å². The Hall–Kier alpha value is -0.850. The normalized spacial score (nSPS) is 30.2. The number of amides is 2. The molecule has 0 aromatic carbocycles. The zero-order valence-corrected chi connectivity index (χ0v) is 11.7. The van der Waals surface area contributed by atoms with Crippen LogP contribution in [0.1, 0.15) is 32.1 Å². The van der Waals surface area contributed by atoms with Gasteiger partial charge in [-0.05, 0) is 44.6 Å². The van der Waals surface area contributed by atoms with Crippen molar-refractivity contribution in [1.29, 1.82) is 0 Å². The van der Waals surface area contributed by atoms with E-state index >= 15 is 0 Å². The summed E-state index contributed by atoms with van der Waals surface area (Å²) >= 11 is 0. The molecular formula is C13H27N5O. The predicted octanol–water partition coefficient (Wildman–Crippen LogP) is 0.0949. The fourth-order valence-electron chi connectivity index (χ4n) is 3.15. The molecule has 0 unspecified atom stereocenters. The number of piperazine rings is 1. The zero-order valence-electron chi connectivity index (χ0n) is 11.7. The Morgan fingerprint density at radius 1 is 1.11 bits per heavy atom. The summed E-state index contributed by atoms with van der Waals surface area (Å²) in [6, 6.07) is -0.0855. The molecule has 6 heteroatoms. The monoisotopic (exact) mass is 269 g/mol. The lowest BCUT2D eigenvalue weighted by atomic mass is 9.84. The molecule has 1 saturated heterocycles. The number of urea groups is 1. The van der Waals surface area contributed by atoms with E-state index in [0.717, 1.165) is 44.9 Å². The second-order valence-electron chi connectivity index (χ2n) is 5.89. The summed E-state index contributed by atoms with van der Waals surface area (Å²) in [5, 5.41) is 4.72. The minimum atomic E-state index is -0.386. The lowest BCUT2D eigenvalue weighted by Gasteiger charge is -2.34. The minimum Gasteiger partial charge on any atom is -0.352 e. The largest absolute Gasteiger partial charge is 0.352 e. The maximum atomic E-state index is 10.8. The van der Waals surface area contributed by atoms with Gasteiger partial charge in [-0.3, -0.25) is 5.84 Å². The maximum Gasteiger partial charge on any atom is 0.312 e. The lowest BCUT2D eigenvalue weighted by molar-refractivity contribution is 0.123. The molecule has 5 N–H and O–H groups in total. The molecule has 1 aliphatic heterocycles. The first-order chi connectivity index (χ1) is 9.13. The molecule has 0 bridgehead atoms. The molecule has 2 aliphatic rings. The predicted molar refractivity (Wildman–Crippen MR) is 75.3 cm³/mol. The summed E-state index contributed by atoms with van der Waals surface area (Å²) in [7, 11) is 0. The van der Waals surface area contributed by atoms with E-state index in [4.69, 9.17) is 11.6 Å². The van der Waals surface area contributed by atoms with Gasteiger partial charge in [0.15, 0.2) is 0 Å². The highest BCUT2D eigenvalue weighted by atomic mass is 16.2. The summed E-state index contributed by atoms with van der Waals surface area (Å²) in [4.78, 5) is 13.3. The van der Waals surface area contributed by atoms with Gasteiger partial charge in [0.05, 0.1) is 0 Å². The van der Waals surface area contributed by atoms with Gasteiger partial charge in [0.25, 0.3) is 0 Å². The van der Waals surface area contributed by atoms with Gasteiger partial charge in [0.2, 0.25) is 0 Å². The highest BCUT2D eigenvalue weighted by molar-refractivity contribution is 5.71. The molecular weight excluding hydrogens is 242 g/mol. The number of rotatable bonds is 4. The van der Waals surface area contributed by atoms with Crippen LogP contribution in [0.2, 0.25) is 0 Å². The zero-order chi connectivity index (χ0) is 13.7. The van der Waals surface area contributed by atoms with E-state index in [2.05, 4.69) is 10.2 Å². The van der Waals surface area contributed by atoms with Crippen LogP contribution in [0.15, 0.2) is 0 Å². The number of hydrogen-bond acceptors (Lipinski definition) is 4. The van der Waals surface area contributed by atoms with E-state index < -0.39 is 0 Å². The molecule has 2 rings (SSSR count). The van der Waals surface area contributed by atoms with Crippen molar-refractivity contribution < 1.29 is 4.79 Å². The van der Waals surface area contributed by atoms with Crippen molar-refractivity contribution >= 4 is 6.03 Å². The first-order valence-electron chi connectivity index (χ1n) is 7.41. The van der Waals surface area contributed by atoms with Gasteiger partial charge < -0.3 is 16.0 Å². The van der Waals surface area contributed by atoms with Gasteiger partial charge >= 0.3 is 6.03 Å². The van der Waals surface area contributed by atoms with Crippen LogP contribution < -0.4 is 16.9 Å². The Morgan fingerprint density at radius 3 is 2.32 bits per heavy atom. The summed E-state index contributed by atoms with van der Waals surface area (Å²) in [6.07, 6.45) is 5.84. The lowest BCUT2D eigenvalue weighted by Crippen LogP contribution is -2.49. The Morgan fingerprint density at radius 2 is 1.74 bits per heavy atom. The summed E-state index contributed by atoms with van der Waals surface area (Å²) in [5.41, 5.74) is 5.15. The SMILES string of the molecule is NC(=O)NC1CCC(CCN2CCN(N)CC2)CC1. The number of hydrogen-bond donors (Lipinski definition) is 3. The van der Waals surface area contributed by atoms with Crippen LogP contribution in [0.25, 0.3) is 0 Å². The van der Waals surface area contributed by atoms with Crippen molar-refractivity contribution in [3.63, 3.8) is 0 Å². The van der Waals surface area contributed by atoms with Gasteiger partial charge in [-0.15, -0.1) is 0 Å². The highest BCUT2D eigenvalue weighted by Gasteiger charge is 2.22. The highest BCUT2D eigenvalue weighted by Crippen LogP contribution is 2.27. The molecule has 19 heavy (non-hydrogen) atoms. The van der Waals surface area contributed by atoms with Crippen LogP contribution in [0.4, 0.5) is 4.79 Å². The molecule has 1 heterocycles. The number of primary amides is 1. The van der Waals surface area contributed by atoms with E-state index in [9.17, 15) is 4.79 Å².